The molecule has 0 fully saturated rings. The molecule has 2 N–H and O–H groups in total. The number of aliphatic hydroxyl groups is 1. The molecule has 0 atom stereocenters. The third kappa shape index (κ3) is 5.93. The molecule has 5 nitrogen and oxygen atoms in total. The second kappa shape index (κ2) is 11.5. The van der Waals surface area contributed by atoms with Gasteiger partial charge in [0.2, 0.25) is 5.78 Å². The highest BCUT2D eigenvalue weighted by atomic mass is 16.5. The van der Waals surface area contributed by atoms with Gasteiger partial charge in [-0.15, -0.1) is 0 Å². The van der Waals surface area contributed by atoms with E-state index in [9.17, 15) is 19.8 Å². The predicted molar refractivity (Wildman–Crippen MR) is 143 cm³/mol. The fourth-order valence-corrected chi connectivity index (χ4v) is 5.54. The number of ketones is 2. The number of fused-ring (bicyclic) bond motifs is 16. The van der Waals surface area contributed by atoms with Gasteiger partial charge in [-0.2, -0.15) is 0 Å². The number of aromatic hydroxyl groups is 1. The molecule has 1 aromatic carbocycles. The lowest BCUT2D eigenvalue weighted by Gasteiger charge is -2.30. The Morgan fingerprint density at radius 3 is 1.97 bits per heavy atom. The zero-order valence-corrected chi connectivity index (χ0v) is 21.8. The summed E-state index contributed by atoms with van der Waals surface area (Å²) in [7, 11) is 0. The smallest absolute Gasteiger partial charge is 0.224 e. The van der Waals surface area contributed by atoms with Crippen LogP contribution in [0.4, 0.5) is 0 Å². The first-order chi connectivity index (χ1) is 17.3. The van der Waals surface area contributed by atoms with Gasteiger partial charge in [0.15, 0.2) is 11.5 Å². The lowest BCUT2D eigenvalue weighted by Crippen LogP contribution is -2.28. The number of hydrogen-bond donors (Lipinski definition) is 2. The zero-order chi connectivity index (χ0) is 25.7. The molecule has 0 spiro atoms. The van der Waals surface area contributed by atoms with Gasteiger partial charge in [0.05, 0.1) is 11.1 Å². The van der Waals surface area contributed by atoms with Crippen LogP contribution in [0.3, 0.4) is 0 Å². The maximum absolute atomic E-state index is 13.3. The molecule has 1 aliphatic heterocycles. The number of carbonyl (C=O) groups excluding carboxylic acids is 2. The number of ether oxygens (including phenoxy) is 1. The van der Waals surface area contributed by atoms with Gasteiger partial charge in [-0.1, -0.05) is 64.2 Å². The van der Waals surface area contributed by atoms with E-state index in [1.54, 1.807) is 6.08 Å². The monoisotopic (exact) mass is 492 g/mol. The van der Waals surface area contributed by atoms with E-state index in [1.165, 1.54) is 44.6 Å². The molecule has 2 bridgehead atoms. The summed E-state index contributed by atoms with van der Waals surface area (Å²) in [6, 6.07) is 1.87. The van der Waals surface area contributed by atoms with Crippen LogP contribution in [0.1, 0.15) is 114 Å². The van der Waals surface area contributed by atoms with Crippen molar-refractivity contribution >= 4 is 23.2 Å². The number of Topliss-reactive ketones (excluding diaryl/α,β-unsaturated/α-hetero) is 1. The molecule has 5 heteroatoms. The molecule has 0 saturated carbocycles. The number of hydrogen-bond acceptors (Lipinski definition) is 5. The van der Waals surface area contributed by atoms with Gasteiger partial charge in [-0.25, -0.2) is 0 Å². The minimum absolute atomic E-state index is 0.0910. The summed E-state index contributed by atoms with van der Waals surface area (Å²) in [5.41, 5.74) is 1.22. The van der Waals surface area contributed by atoms with Gasteiger partial charge in [0, 0.05) is 11.1 Å². The summed E-state index contributed by atoms with van der Waals surface area (Å²) in [4.78, 5) is 26.4. The fraction of sp³-hybridized carbons (Fsp3) is 0.548. The first-order valence-corrected chi connectivity index (χ1v) is 13.8. The third-order valence-corrected chi connectivity index (χ3v) is 7.60. The Morgan fingerprint density at radius 1 is 0.806 bits per heavy atom. The summed E-state index contributed by atoms with van der Waals surface area (Å²) in [5.74, 6) is -1.04. The Hall–Kier alpha value is -2.82. The SMILES string of the molecule is CC1(C)C=Cc2c(cc3c(c2O)C2=C(O)C(=O)C(=CC2=O)CCCCCCCCCCCCCC3)O1. The minimum Gasteiger partial charge on any atom is -0.507 e. The van der Waals surface area contributed by atoms with Crippen LogP contribution in [-0.2, 0) is 16.0 Å². The molecule has 0 amide bonds. The van der Waals surface area contributed by atoms with E-state index in [0.29, 0.717) is 29.7 Å². The number of phenolic OH excluding ortho intramolecular Hbond substituents is 1. The van der Waals surface area contributed by atoms with Crippen LogP contribution in [0.5, 0.6) is 11.5 Å². The molecule has 0 saturated heterocycles. The summed E-state index contributed by atoms with van der Waals surface area (Å²) in [6.07, 6.45) is 19.7. The Morgan fingerprint density at radius 2 is 1.36 bits per heavy atom. The van der Waals surface area contributed by atoms with Crippen LogP contribution in [0.15, 0.2) is 29.6 Å². The maximum atomic E-state index is 13.3. The normalized spacial score (nSPS) is 21.9. The van der Waals surface area contributed by atoms with E-state index in [4.69, 9.17) is 4.74 Å². The first-order valence-electron chi connectivity index (χ1n) is 13.8. The van der Waals surface area contributed by atoms with Crippen molar-refractivity contribution in [1.82, 2.24) is 0 Å². The molecule has 0 unspecified atom stereocenters. The number of allylic oxidation sites excluding steroid dienone is 3. The van der Waals surface area contributed by atoms with Gasteiger partial charge in [0.25, 0.3) is 0 Å². The average molecular weight is 493 g/mol. The summed E-state index contributed by atoms with van der Waals surface area (Å²) < 4.78 is 6.12. The molecule has 0 radical (unpaired) electrons. The Bertz CT molecular complexity index is 1100. The highest BCUT2D eigenvalue weighted by Crippen LogP contribution is 2.45. The van der Waals surface area contributed by atoms with Crippen molar-refractivity contribution in [2.45, 2.75) is 109 Å². The second-order valence-electron chi connectivity index (χ2n) is 11.0. The largest absolute Gasteiger partial charge is 0.507 e. The van der Waals surface area contributed by atoms with E-state index in [1.807, 2.05) is 26.0 Å². The predicted octanol–water partition coefficient (Wildman–Crippen LogP) is 7.55. The third-order valence-electron chi connectivity index (χ3n) is 7.60. The van der Waals surface area contributed by atoms with Crippen LogP contribution in [0.2, 0.25) is 0 Å². The lowest BCUT2D eigenvalue weighted by molar-refractivity contribution is -0.116. The maximum Gasteiger partial charge on any atom is 0.224 e. The topological polar surface area (TPSA) is 83.8 Å². The molecule has 5 rings (SSSR count). The molecule has 3 aliphatic carbocycles. The summed E-state index contributed by atoms with van der Waals surface area (Å²) >= 11 is 0. The van der Waals surface area contributed by atoms with Crippen LogP contribution in [0.25, 0.3) is 11.6 Å². The Labute approximate surface area is 214 Å². The molecule has 36 heavy (non-hydrogen) atoms. The quantitative estimate of drug-likeness (QED) is 0.365. The number of benzene rings is 1. The van der Waals surface area contributed by atoms with Gasteiger partial charge >= 0.3 is 0 Å². The molecular weight excluding hydrogens is 452 g/mol. The number of aliphatic hydroxyl groups excluding tert-OH is 1. The summed E-state index contributed by atoms with van der Waals surface area (Å²) in [6.45, 7) is 3.89. The van der Waals surface area contributed by atoms with Crippen molar-refractivity contribution in [3.05, 3.63) is 46.2 Å². The molecule has 4 aliphatic rings. The molecular formula is C31H40O5. The lowest BCUT2D eigenvalue weighted by atomic mass is 9.83. The summed E-state index contributed by atoms with van der Waals surface area (Å²) in [5, 5.41) is 22.3. The standard InChI is InChI=1S/C31H40O5/c1-31(2)18-17-23-25(36-31)20-21-15-13-11-9-7-5-3-4-6-8-10-12-14-16-22-19-24(32)27(26(21)29(23)34)30(35)28(22)33/h17-20,34-35H,3-16H2,1-2H3. The number of phenols is 1. The zero-order valence-electron chi connectivity index (χ0n) is 21.8. The number of carbonyl (C=O) groups is 2. The van der Waals surface area contributed by atoms with Crippen molar-refractivity contribution in [3.8, 4) is 11.5 Å². The van der Waals surface area contributed by atoms with Crippen molar-refractivity contribution < 1.29 is 24.5 Å². The molecule has 1 aromatic rings. The molecule has 194 valence electrons. The fourth-order valence-electron chi connectivity index (χ4n) is 5.54. The Kier molecular flexibility index (Phi) is 8.38. The van der Waals surface area contributed by atoms with Crippen LogP contribution in [-0.4, -0.2) is 27.4 Å². The minimum atomic E-state index is -0.551. The van der Waals surface area contributed by atoms with Crippen LogP contribution in [0, 0.1) is 0 Å². The van der Waals surface area contributed by atoms with Crippen molar-refractivity contribution in [1.29, 1.82) is 0 Å². The van der Waals surface area contributed by atoms with E-state index in [0.717, 1.165) is 44.1 Å². The molecule has 1 heterocycles. The van der Waals surface area contributed by atoms with Crippen molar-refractivity contribution in [2.24, 2.45) is 0 Å². The second-order valence-corrected chi connectivity index (χ2v) is 11.0. The van der Waals surface area contributed by atoms with Crippen LogP contribution >= 0.6 is 0 Å². The van der Waals surface area contributed by atoms with Crippen molar-refractivity contribution in [3.63, 3.8) is 0 Å². The van der Waals surface area contributed by atoms with Gasteiger partial charge in [-0.05, 0) is 69.4 Å². The van der Waals surface area contributed by atoms with E-state index < -0.39 is 22.9 Å². The van der Waals surface area contributed by atoms with Crippen LogP contribution < -0.4 is 4.74 Å². The highest BCUT2D eigenvalue weighted by molar-refractivity contribution is 6.37. The average Bonchev–Trinajstić information content (AvgIpc) is 2.82. The molecule has 0 aromatic heterocycles. The number of rotatable bonds is 0. The van der Waals surface area contributed by atoms with Crippen molar-refractivity contribution in [2.75, 3.05) is 0 Å². The van der Waals surface area contributed by atoms with E-state index in [2.05, 4.69) is 0 Å². The van der Waals surface area contributed by atoms with E-state index in [-0.39, 0.29) is 16.9 Å². The van der Waals surface area contributed by atoms with Gasteiger partial charge in [0.1, 0.15) is 17.1 Å². The van der Waals surface area contributed by atoms with E-state index >= 15 is 0 Å². The highest BCUT2D eigenvalue weighted by Gasteiger charge is 2.34. The first kappa shape index (κ1) is 26.2. The number of aryl methyl sites for hydroxylation is 1. The van der Waals surface area contributed by atoms with Gasteiger partial charge in [-0.3, -0.25) is 9.59 Å². The Balaban J connectivity index is 1.71. The van der Waals surface area contributed by atoms with Gasteiger partial charge < -0.3 is 14.9 Å².